The van der Waals surface area contributed by atoms with Crippen LogP contribution in [0.3, 0.4) is 0 Å². The molecule has 0 saturated carbocycles. The van der Waals surface area contributed by atoms with Crippen LogP contribution in [0.15, 0.2) is 42.2 Å². The highest BCUT2D eigenvalue weighted by molar-refractivity contribution is 6.82. The first kappa shape index (κ1) is 14.3. The molecule has 0 bridgehead atoms. The topological polar surface area (TPSA) is 3.24 Å². The number of hydrogen-bond donors (Lipinski definition) is 0. The van der Waals surface area contributed by atoms with Crippen molar-refractivity contribution in [2.24, 2.45) is 0 Å². The summed E-state index contributed by atoms with van der Waals surface area (Å²) in [6.07, 6.45) is 2.33. The zero-order valence-electron chi connectivity index (χ0n) is 12.0. The molecule has 0 spiro atoms. The van der Waals surface area contributed by atoms with Gasteiger partial charge < -0.3 is 4.57 Å². The minimum Gasteiger partial charge on any atom is -0.376 e. The minimum absolute atomic E-state index is 1.13. The van der Waals surface area contributed by atoms with Gasteiger partial charge in [0.1, 0.15) is 0 Å². The molecular formula is C14H25NSi2. The fourth-order valence-electron chi connectivity index (χ4n) is 1.58. The first-order chi connectivity index (χ1) is 7.70. The van der Waals surface area contributed by atoms with Crippen molar-refractivity contribution in [3.05, 3.63) is 42.2 Å². The van der Waals surface area contributed by atoms with E-state index >= 15 is 0 Å². The predicted octanol–water partition coefficient (Wildman–Crippen LogP) is 4.72. The number of benzene rings is 1. The average Bonchev–Trinajstić information content (AvgIpc) is 2.15. The Morgan fingerprint density at radius 1 is 0.882 bits per heavy atom. The van der Waals surface area contributed by atoms with Crippen LogP contribution in [-0.4, -0.2) is 16.3 Å². The molecule has 0 radical (unpaired) electrons. The summed E-state index contributed by atoms with van der Waals surface area (Å²) in [6, 6.07) is 10.7. The van der Waals surface area contributed by atoms with Crippen molar-refractivity contribution < 1.29 is 0 Å². The van der Waals surface area contributed by atoms with E-state index in [1.165, 1.54) is 5.69 Å². The molecule has 0 fully saturated rings. The van der Waals surface area contributed by atoms with Crippen molar-refractivity contribution in [3.63, 3.8) is 0 Å². The van der Waals surface area contributed by atoms with Crippen LogP contribution in [0.2, 0.25) is 39.3 Å². The molecule has 0 saturated heterocycles. The van der Waals surface area contributed by atoms with Gasteiger partial charge in [-0.3, -0.25) is 0 Å². The van der Waals surface area contributed by atoms with E-state index in [9.17, 15) is 0 Å². The standard InChI is InChI=1S/C14H25NSi2/c1-16(2,3)13-12-15(17(4,5)6)14-10-8-7-9-11-14/h7-13H,1-6H3/b13-12+. The van der Waals surface area contributed by atoms with Crippen LogP contribution < -0.4 is 4.57 Å². The summed E-state index contributed by atoms with van der Waals surface area (Å²) in [5.74, 6) is 0. The van der Waals surface area contributed by atoms with Gasteiger partial charge >= 0.3 is 0 Å². The second-order valence-electron chi connectivity index (χ2n) is 6.56. The molecular weight excluding hydrogens is 238 g/mol. The van der Waals surface area contributed by atoms with Crippen LogP contribution >= 0.6 is 0 Å². The first-order valence-electron chi connectivity index (χ1n) is 6.24. The van der Waals surface area contributed by atoms with E-state index in [1.54, 1.807) is 0 Å². The largest absolute Gasteiger partial charge is 0.376 e. The van der Waals surface area contributed by atoms with Crippen LogP contribution in [0, 0.1) is 0 Å². The zero-order chi connectivity index (χ0) is 13.1. The summed E-state index contributed by atoms with van der Waals surface area (Å²) in [4.78, 5) is 0. The molecule has 0 heterocycles. The second-order valence-corrected chi connectivity index (χ2v) is 16.4. The van der Waals surface area contributed by atoms with Gasteiger partial charge in [-0.15, -0.1) is 0 Å². The predicted molar refractivity (Wildman–Crippen MR) is 84.8 cm³/mol. The van der Waals surface area contributed by atoms with Crippen molar-refractivity contribution in [2.45, 2.75) is 39.3 Å². The van der Waals surface area contributed by atoms with Gasteiger partial charge in [0.25, 0.3) is 0 Å². The molecule has 0 aliphatic rings. The van der Waals surface area contributed by atoms with Gasteiger partial charge in [-0.25, -0.2) is 0 Å². The Balaban J connectivity index is 3.03. The van der Waals surface area contributed by atoms with Crippen molar-refractivity contribution in [2.75, 3.05) is 4.57 Å². The number of anilines is 1. The molecule has 0 aliphatic heterocycles. The number of para-hydroxylation sites is 1. The highest BCUT2D eigenvalue weighted by atomic mass is 28.3. The van der Waals surface area contributed by atoms with Crippen molar-refractivity contribution >= 4 is 22.0 Å². The third-order valence-corrected chi connectivity index (χ3v) is 5.48. The third kappa shape index (κ3) is 4.92. The van der Waals surface area contributed by atoms with Crippen molar-refractivity contribution in [3.8, 4) is 0 Å². The summed E-state index contributed by atoms with van der Waals surface area (Å²) in [5.41, 5.74) is 3.75. The van der Waals surface area contributed by atoms with Crippen LogP contribution in [0.4, 0.5) is 5.69 Å². The van der Waals surface area contributed by atoms with Crippen LogP contribution in [0.1, 0.15) is 0 Å². The fourth-order valence-corrected chi connectivity index (χ4v) is 3.77. The molecule has 1 aromatic rings. The van der Waals surface area contributed by atoms with Crippen LogP contribution in [-0.2, 0) is 0 Å². The lowest BCUT2D eigenvalue weighted by Gasteiger charge is -2.34. The van der Waals surface area contributed by atoms with Gasteiger partial charge in [-0.2, -0.15) is 0 Å². The Morgan fingerprint density at radius 3 is 1.82 bits per heavy atom. The number of hydrogen-bond acceptors (Lipinski definition) is 1. The highest BCUT2D eigenvalue weighted by Crippen LogP contribution is 2.22. The summed E-state index contributed by atoms with van der Waals surface area (Å²) in [6.45, 7) is 14.3. The Bertz CT molecular complexity index is 371. The number of nitrogens with zero attached hydrogens (tertiary/aromatic N) is 1. The van der Waals surface area contributed by atoms with Gasteiger partial charge in [0.2, 0.25) is 0 Å². The van der Waals surface area contributed by atoms with Gasteiger partial charge in [-0.05, 0) is 18.3 Å². The van der Waals surface area contributed by atoms with Crippen molar-refractivity contribution in [1.29, 1.82) is 0 Å². The molecule has 17 heavy (non-hydrogen) atoms. The lowest BCUT2D eigenvalue weighted by atomic mass is 10.3. The Morgan fingerprint density at radius 2 is 1.41 bits per heavy atom. The molecule has 94 valence electrons. The summed E-state index contributed by atoms with van der Waals surface area (Å²) < 4.78 is 2.49. The summed E-state index contributed by atoms with van der Waals surface area (Å²) in [5, 5.41) is 0. The first-order valence-corrected chi connectivity index (χ1v) is 13.3. The number of rotatable bonds is 4. The quantitative estimate of drug-likeness (QED) is 0.711. The SMILES string of the molecule is C[Si](C)(C)/C=C/N(c1ccccc1)[Si](C)(C)C. The maximum absolute atomic E-state index is 2.49. The molecule has 0 N–H and O–H groups in total. The molecule has 0 aromatic heterocycles. The molecule has 0 aliphatic carbocycles. The van der Waals surface area contributed by atoms with Gasteiger partial charge in [0.05, 0.1) is 8.07 Å². The lowest BCUT2D eigenvalue weighted by Crippen LogP contribution is -2.42. The second kappa shape index (κ2) is 5.23. The van der Waals surface area contributed by atoms with E-state index in [4.69, 9.17) is 0 Å². The average molecular weight is 264 g/mol. The normalized spacial score (nSPS) is 13.1. The van der Waals surface area contributed by atoms with Gasteiger partial charge in [0.15, 0.2) is 8.24 Å². The van der Waals surface area contributed by atoms with E-state index in [-0.39, 0.29) is 0 Å². The van der Waals surface area contributed by atoms with E-state index in [1.807, 2.05) is 0 Å². The molecule has 1 rings (SSSR count). The van der Waals surface area contributed by atoms with E-state index < -0.39 is 16.3 Å². The van der Waals surface area contributed by atoms with E-state index in [2.05, 4.69) is 86.1 Å². The molecule has 3 heteroatoms. The Labute approximate surface area is 108 Å². The van der Waals surface area contributed by atoms with Crippen LogP contribution in [0.25, 0.3) is 0 Å². The summed E-state index contributed by atoms with van der Waals surface area (Å²) >= 11 is 0. The molecule has 1 nitrogen and oxygen atoms in total. The minimum atomic E-state index is -1.36. The van der Waals surface area contributed by atoms with Crippen molar-refractivity contribution in [1.82, 2.24) is 0 Å². The fraction of sp³-hybridized carbons (Fsp3) is 0.429. The van der Waals surface area contributed by atoms with E-state index in [0.29, 0.717) is 0 Å². The molecule has 0 atom stereocenters. The Hall–Kier alpha value is -0.806. The highest BCUT2D eigenvalue weighted by Gasteiger charge is 2.22. The lowest BCUT2D eigenvalue weighted by molar-refractivity contribution is 1.32. The molecule has 0 unspecified atom stereocenters. The maximum Gasteiger partial charge on any atom is 0.152 e. The molecule has 1 aromatic carbocycles. The third-order valence-electron chi connectivity index (χ3n) is 2.48. The maximum atomic E-state index is 2.49. The molecule has 0 amide bonds. The zero-order valence-corrected chi connectivity index (χ0v) is 14.0. The van der Waals surface area contributed by atoms with Gasteiger partial charge in [0, 0.05) is 5.69 Å². The Kier molecular flexibility index (Phi) is 4.39. The van der Waals surface area contributed by atoms with E-state index in [0.717, 1.165) is 0 Å². The van der Waals surface area contributed by atoms with Gasteiger partial charge in [-0.1, -0.05) is 63.2 Å². The smallest absolute Gasteiger partial charge is 0.152 e. The monoisotopic (exact) mass is 263 g/mol. The van der Waals surface area contributed by atoms with Crippen LogP contribution in [0.5, 0.6) is 0 Å². The summed E-state index contributed by atoms with van der Waals surface area (Å²) in [7, 11) is -2.49.